The Labute approximate surface area is 318 Å². The van der Waals surface area contributed by atoms with Gasteiger partial charge in [-0.3, -0.25) is 4.79 Å². The molecule has 51 heavy (non-hydrogen) atoms. The van der Waals surface area contributed by atoms with Crippen LogP contribution in [0.3, 0.4) is 0 Å². The molecule has 5 heteroatoms. The number of rotatable bonds is 41. The van der Waals surface area contributed by atoms with E-state index in [-0.39, 0.29) is 12.5 Å². The van der Waals surface area contributed by atoms with Crippen molar-refractivity contribution in [3.8, 4) is 0 Å². The quantitative estimate of drug-likeness (QED) is 0.0374. The average molecular weight is 720 g/mol. The molecule has 0 aliphatic rings. The Kier molecular flexibility index (Phi) is 40.6. The molecule has 0 saturated carbocycles. The van der Waals surface area contributed by atoms with Crippen LogP contribution < -0.4 is 5.32 Å². The van der Waals surface area contributed by atoms with Gasteiger partial charge in [0.15, 0.2) is 0 Å². The molecule has 0 aromatic carbocycles. The summed E-state index contributed by atoms with van der Waals surface area (Å²) in [4.78, 5) is 12.4. The second-order valence-electron chi connectivity index (χ2n) is 15.6. The fraction of sp³-hybridized carbons (Fsp3) is 0.891. The molecule has 0 aromatic rings. The molecule has 5 nitrogen and oxygen atoms in total. The maximum absolute atomic E-state index is 12.4. The predicted molar refractivity (Wildman–Crippen MR) is 222 cm³/mol. The Morgan fingerprint density at radius 1 is 0.471 bits per heavy atom. The third kappa shape index (κ3) is 37.0. The zero-order chi connectivity index (χ0) is 37.3. The van der Waals surface area contributed by atoms with Crippen LogP contribution in [-0.2, 0) is 4.79 Å². The van der Waals surface area contributed by atoms with E-state index in [0.717, 1.165) is 44.9 Å². The van der Waals surface area contributed by atoms with Crippen LogP contribution in [0.1, 0.15) is 239 Å². The van der Waals surface area contributed by atoms with Crippen molar-refractivity contribution in [1.29, 1.82) is 0 Å². The van der Waals surface area contributed by atoms with E-state index >= 15 is 0 Å². The first-order valence-corrected chi connectivity index (χ1v) is 22.6. The third-order valence-corrected chi connectivity index (χ3v) is 10.5. The Morgan fingerprint density at radius 2 is 0.804 bits per heavy atom. The number of hydrogen-bond acceptors (Lipinski definition) is 4. The van der Waals surface area contributed by atoms with Crippen LogP contribution in [0.15, 0.2) is 24.3 Å². The minimum Gasteiger partial charge on any atom is -0.394 e. The number of unbranched alkanes of at least 4 members (excludes halogenated alkanes) is 29. The van der Waals surface area contributed by atoms with Crippen LogP contribution in [0, 0.1) is 0 Å². The van der Waals surface area contributed by atoms with E-state index in [9.17, 15) is 20.1 Å². The van der Waals surface area contributed by atoms with Gasteiger partial charge in [-0.2, -0.15) is 0 Å². The summed E-state index contributed by atoms with van der Waals surface area (Å²) >= 11 is 0. The monoisotopic (exact) mass is 720 g/mol. The molecule has 0 aromatic heterocycles. The highest BCUT2D eigenvalue weighted by Crippen LogP contribution is 2.16. The number of hydrogen-bond donors (Lipinski definition) is 4. The number of nitrogens with one attached hydrogen (secondary N) is 1. The van der Waals surface area contributed by atoms with Crippen molar-refractivity contribution in [3.05, 3.63) is 24.3 Å². The fourth-order valence-electron chi connectivity index (χ4n) is 7.00. The van der Waals surface area contributed by atoms with Gasteiger partial charge in [0.25, 0.3) is 0 Å². The lowest BCUT2D eigenvalue weighted by Crippen LogP contribution is -2.50. The average Bonchev–Trinajstić information content (AvgIpc) is 3.13. The number of allylic oxidation sites excluding steroid dienone is 4. The summed E-state index contributed by atoms with van der Waals surface area (Å²) in [5.74, 6) is -0.155. The van der Waals surface area contributed by atoms with E-state index in [1.54, 1.807) is 0 Å². The van der Waals surface area contributed by atoms with Gasteiger partial charge < -0.3 is 20.6 Å². The number of aliphatic hydroxyl groups is 3. The van der Waals surface area contributed by atoms with Crippen molar-refractivity contribution >= 4 is 5.91 Å². The van der Waals surface area contributed by atoms with Crippen LogP contribution in [0.25, 0.3) is 0 Å². The summed E-state index contributed by atoms with van der Waals surface area (Å²) < 4.78 is 0. The molecular weight excluding hydrogens is 631 g/mol. The van der Waals surface area contributed by atoms with E-state index in [2.05, 4.69) is 43.5 Å². The van der Waals surface area contributed by atoms with Gasteiger partial charge in [-0.25, -0.2) is 0 Å². The van der Waals surface area contributed by atoms with E-state index in [0.29, 0.717) is 12.8 Å². The number of carbonyl (C=O) groups is 1. The van der Waals surface area contributed by atoms with Gasteiger partial charge in [0.05, 0.1) is 18.8 Å². The van der Waals surface area contributed by atoms with E-state index in [1.807, 2.05) is 0 Å². The topological polar surface area (TPSA) is 89.8 Å². The Morgan fingerprint density at radius 3 is 1.20 bits per heavy atom. The highest BCUT2D eigenvalue weighted by atomic mass is 16.3. The molecule has 0 saturated heterocycles. The largest absolute Gasteiger partial charge is 0.394 e. The first-order chi connectivity index (χ1) is 25.1. The standard InChI is InChI=1S/C46H89NO4/c1-3-5-7-9-11-13-15-17-19-21-23-24-26-28-30-32-34-36-38-40-44(49)46(51)43(42-48)47-45(50)41-39-37-35-33-31-29-27-25-22-20-18-16-14-12-10-8-6-4-2/h24,26,32,34,43-44,46,48-49,51H,3-23,25,27-31,33,35-42H2,1-2H3,(H,47,50)/b26-24+,34-32+. The van der Waals surface area contributed by atoms with E-state index in [4.69, 9.17) is 0 Å². The van der Waals surface area contributed by atoms with Gasteiger partial charge in [0.1, 0.15) is 6.10 Å². The minimum absolute atomic E-state index is 0.155. The van der Waals surface area contributed by atoms with Crippen molar-refractivity contribution < 1.29 is 20.1 Å². The third-order valence-electron chi connectivity index (χ3n) is 10.5. The molecule has 0 aliphatic heterocycles. The van der Waals surface area contributed by atoms with Crippen LogP contribution >= 0.6 is 0 Å². The van der Waals surface area contributed by atoms with Gasteiger partial charge in [-0.05, 0) is 51.4 Å². The van der Waals surface area contributed by atoms with Crippen LogP contribution in [0.2, 0.25) is 0 Å². The number of amides is 1. The van der Waals surface area contributed by atoms with Crippen molar-refractivity contribution in [2.24, 2.45) is 0 Å². The molecular formula is C46H89NO4. The molecule has 3 atom stereocenters. The summed E-state index contributed by atoms with van der Waals surface area (Å²) in [7, 11) is 0. The molecule has 0 spiro atoms. The lowest BCUT2D eigenvalue weighted by atomic mass is 10.0. The lowest BCUT2D eigenvalue weighted by Gasteiger charge is -2.26. The molecule has 302 valence electrons. The minimum atomic E-state index is -1.16. The Balaban J connectivity index is 3.67. The first kappa shape index (κ1) is 49.8. The molecule has 0 aliphatic carbocycles. The van der Waals surface area contributed by atoms with Gasteiger partial charge >= 0.3 is 0 Å². The highest BCUT2D eigenvalue weighted by Gasteiger charge is 2.26. The Hall–Kier alpha value is -1.17. The highest BCUT2D eigenvalue weighted by molar-refractivity contribution is 5.76. The van der Waals surface area contributed by atoms with E-state index in [1.165, 1.54) is 167 Å². The molecule has 0 fully saturated rings. The zero-order valence-corrected chi connectivity index (χ0v) is 34.2. The molecule has 0 bridgehead atoms. The second-order valence-corrected chi connectivity index (χ2v) is 15.6. The van der Waals surface area contributed by atoms with Crippen molar-refractivity contribution in [3.63, 3.8) is 0 Å². The van der Waals surface area contributed by atoms with E-state index < -0.39 is 18.2 Å². The summed E-state index contributed by atoms with van der Waals surface area (Å²) in [6.07, 6.45) is 50.0. The zero-order valence-electron chi connectivity index (χ0n) is 34.2. The maximum Gasteiger partial charge on any atom is 0.220 e. The number of aliphatic hydroxyl groups excluding tert-OH is 3. The van der Waals surface area contributed by atoms with Crippen LogP contribution in [0.4, 0.5) is 0 Å². The van der Waals surface area contributed by atoms with Crippen LogP contribution in [-0.4, -0.2) is 46.1 Å². The molecule has 1 amide bonds. The molecule has 0 rings (SSSR count). The van der Waals surface area contributed by atoms with Crippen LogP contribution in [0.5, 0.6) is 0 Å². The molecule has 3 unspecified atom stereocenters. The SMILES string of the molecule is CCCCCCCCCCCC/C=C/CC/C=C/CCCC(O)C(O)C(CO)NC(=O)CCCCCCCCCCCCCCCCCCCC. The van der Waals surface area contributed by atoms with Crippen molar-refractivity contribution in [2.75, 3.05) is 6.61 Å². The summed E-state index contributed by atoms with van der Waals surface area (Å²) in [6, 6.07) is -0.828. The first-order valence-electron chi connectivity index (χ1n) is 22.6. The lowest BCUT2D eigenvalue weighted by molar-refractivity contribution is -0.124. The fourth-order valence-corrected chi connectivity index (χ4v) is 7.00. The molecule has 4 N–H and O–H groups in total. The number of carbonyl (C=O) groups excluding carboxylic acids is 1. The van der Waals surface area contributed by atoms with Gasteiger partial charge in [-0.15, -0.1) is 0 Å². The second kappa shape index (κ2) is 41.6. The summed E-state index contributed by atoms with van der Waals surface area (Å²) in [6.45, 7) is 4.18. The normalized spacial score (nSPS) is 13.7. The smallest absolute Gasteiger partial charge is 0.220 e. The maximum atomic E-state index is 12.4. The van der Waals surface area contributed by atoms with Gasteiger partial charge in [0.2, 0.25) is 5.91 Å². The van der Waals surface area contributed by atoms with Gasteiger partial charge in [0, 0.05) is 6.42 Å². The molecule has 0 radical (unpaired) electrons. The summed E-state index contributed by atoms with van der Waals surface area (Å²) in [5.41, 5.74) is 0. The summed E-state index contributed by atoms with van der Waals surface area (Å²) in [5, 5.41) is 33.5. The van der Waals surface area contributed by atoms with Crippen molar-refractivity contribution in [2.45, 2.75) is 257 Å². The van der Waals surface area contributed by atoms with Gasteiger partial charge in [-0.1, -0.05) is 205 Å². The molecule has 0 heterocycles. The predicted octanol–water partition coefficient (Wildman–Crippen LogP) is 13.0. The Bertz CT molecular complexity index is 754. The van der Waals surface area contributed by atoms with Crippen molar-refractivity contribution in [1.82, 2.24) is 5.32 Å².